The molecule has 2 aromatic rings. The molecule has 0 aliphatic carbocycles. The van der Waals surface area contributed by atoms with E-state index in [0.717, 1.165) is 18.3 Å². The quantitative estimate of drug-likeness (QED) is 0.499. The van der Waals surface area contributed by atoms with Gasteiger partial charge in [-0.05, 0) is 26.0 Å². The van der Waals surface area contributed by atoms with Crippen LogP contribution in [0.3, 0.4) is 0 Å². The van der Waals surface area contributed by atoms with Crippen LogP contribution in [0.15, 0.2) is 27.8 Å². The Kier molecular flexibility index (Phi) is 6.61. The number of nitrogens with zero attached hydrogens (tertiary/aromatic N) is 3. The Bertz CT molecular complexity index is 593. The average Bonchev–Trinajstić information content (AvgIpc) is 3.18. The van der Waals surface area contributed by atoms with Crippen LogP contribution in [-0.2, 0) is 11.2 Å². The molecule has 0 aliphatic heterocycles. The maximum atomic E-state index is 5.27. The first kappa shape index (κ1) is 17.0. The maximum Gasteiger partial charge on any atom is 0.216 e. The highest BCUT2D eigenvalue weighted by Crippen LogP contribution is 2.14. The average molecular weight is 320 g/mol. The molecule has 0 radical (unpaired) electrons. The van der Waals surface area contributed by atoms with Gasteiger partial charge in [0, 0.05) is 32.7 Å². The van der Waals surface area contributed by atoms with Gasteiger partial charge < -0.3 is 19.8 Å². The van der Waals surface area contributed by atoms with Crippen molar-refractivity contribution in [1.29, 1.82) is 0 Å². The second kappa shape index (κ2) is 8.94. The van der Waals surface area contributed by atoms with E-state index >= 15 is 0 Å². The number of aromatic amines is 1. The highest BCUT2D eigenvalue weighted by atomic mass is 16.5. The minimum absolute atomic E-state index is 0.189. The van der Waals surface area contributed by atoms with Gasteiger partial charge in [-0.25, -0.2) is 4.98 Å². The van der Waals surface area contributed by atoms with Crippen LogP contribution in [0.2, 0.25) is 0 Å². The Morgan fingerprint density at radius 3 is 3.09 bits per heavy atom. The minimum atomic E-state index is 0.189. The van der Waals surface area contributed by atoms with Crippen molar-refractivity contribution in [1.82, 2.24) is 25.8 Å². The summed E-state index contributed by atoms with van der Waals surface area (Å²) in [4.78, 5) is 8.93. The van der Waals surface area contributed by atoms with Gasteiger partial charge in [0.1, 0.15) is 5.82 Å². The first-order valence-electron chi connectivity index (χ1n) is 7.71. The molecule has 0 fully saturated rings. The fourth-order valence-corrected chi connectivity index (χ4v) is 2.04. The zero-order valence-electron chi connectivity index (χ0n) is 13.8. The minimum Gasteiger partial charge on any atom is -0.461 e. The molecule has 2 heterocycles. The maximum absolute atomic E-state index is 5.27. The highest BCUT2D eigenvalue weighted by Gasteiger charge is 2.08. The molecule has 0 saturated carbocycles. The van der Waals surface area contributed by atoms with Gasteiger partial charge in [0.2, 0.25) is 5.82 Å². The SMILES string of the molecule is CCNC(=NCCc1nc(-c2ccco2)n[nH]1)NC(C)COC. The summed E-state index contributed by atoms with van der Waals surface area (Å²) in [7, 11) is 1.68. The first-order chi connectivity index (χ1) is 11.2. The van der Waals surface area contributed by atoms with Crippen molar-refractivity contribution in [3.8, 4) is 11.6 Å². The van der Waals surface area contributed by atoms with E-state index in [9.17, 15) is 0 Å². The van der Waals surface area contributed by atoms with E-state index in [1.165, 1.54) is 0 Å². The molecular weight excluding hydrogens is 296 g/mol. The van der Waals surface area contributed by atoms with E-state index in [-0.39, 0.29) is 6.04 Å². The molecule has 1 atom stereocenters. The summed E-state index contributed by atoms with van der Waals surface area (Å²) in [6, 6.07) is 3.83. The van der Waals surface area contributed by atoms with Gasteiger partial charge in [0.15, 0.2) is 11.7 Å². The van der Waals surface area contributed by atoms with Crippen LogP contribution in [0.1, 0.15) is 19.7 Å². The number of hydrogen-bond acceptors (Lipinski definition) is 5. The van der Waals surface area contributed by atoms with E-state index in [2.05, 4.69) is 30.8 Å². The fourth-order valence-electron chi connectivity index (χ4n) is 2.04. The molecule has 8 nitrogen and oxygen atoms in total. The molecule has 8 heteroatoms. The molecule has 2 aromatic heterocycles. The Balaban J connectivity index is 1.87. The van der Waals surface area contributed by atoms with E-state index in [1.807, 2.05) is 26.0 Å². The lowest BCUT2D eigenvalue weighted by Gasteiger charge is -2.16. The lowest BCUT2D eigenvalue weighted by atomic mass is 10.3. The number of ether oxygens (including phenoxy) is 1. The van der Waals surface area contributed by atoms with Crippen LogP contribution in [0.25, 0.3) is 11.6 Å². The molecular formula is C15H24N6O2. The van der Waals surface area contributed by atoms with Gasteiger partial charge in [-0.3, -0.25) is 10.1 Å². The third-order valence-corrected chi connectivity index (χ3v) is 3.04. The summed E-state index contributed by atoms with van der Waals surface area (Å²) < 4.78 is 10.4. The van der Waals surface area contributed by atoms with Crippen molar-refractivity contribution >= 4 is 5.96 Å². The van der Waals surface area contributed by atoms with Crippen LogP contribution in [0.5, 0.6) is 0 Å². The number of nitrogens with one attached hydrogen (secondary N) is 3. The van der Waals surface area contributed by atoms with Crippen molar-refractivity contribution in [2.45, 2.75) is 26.3 Å². The Morgan fingerprint density at radius 2 is 2.39 bits per heavy atom. The standard InChI is InChI=1S/C15H24N6O2/c1-4-16-15(18-11(2)10-22-3)17-8-7-13-19-14(21-20-13)12-6-5-9-23-12/h5-6,9,11H,4,7-8,10H2,1-3H3,(H2,16,17,18)(H,19,20,21). The third-order valence-electron chi connectivity index (χ3n) is 3.04. The summed E-state index contributed by atoms with van der Waals surface area (Å²) in [5.41, 5.74) is 0. The van der Waals surface area contributed by atoms with Crippen LogP contribution < -0.4 is 10.6 Å². The van der Waals surface area contributed by atoms with E-state index in [1.54, 1.807) is 13.4 Å². The summed E-state index contributed by atoms with van der Waals surface area (Å²) in [5.74, 6) is 2.76. The number of furan rings is 1. The summed E-state index contributed by atoms with van der Waals surface area (Å²) >= 11 is 0. The molecule has 0 bridgehead atoms. The van der Waals surface area contributed by atoms with Crippen LogP contribution in [-0.4, -0.2) is 54.0 Å². The van der Waals surface area contributed by atoms with Gasteiger partial charge in [-0.1, -0.05) is 0 Å². The third kappa shape index (κ3) is 5.41. The van der Waals surface area contributed by atoms with Crippen molar-refractivity contribution in [2.24, 2.45) is 4.99 Å². The summed E-state index contributed by atoms with van der Waals surface area (Å²) in [6.07, 6.45) is 2.27. The number of aliphatic imine (C=N–C) groups is 1. The Morgan fingerprint density at radius 1 is 1.52 bits per heavy atom. The van der Waals surface area contributed by atoms with Crippen molar-refractivity contribution in [2.75, 3.05) is 26.8 Å². The van der Waals surface area contributed by atoms with Crippen LogP contribution >= 0.6 is 0 Å². The molecule has 3 N–H and O–H groups in total. The van der Waals surface area contributed by atoms with E-state index in [4.69, 9.17) is 9.15 Å². The van der Waals surface area contributed by atoms with Crippen molar-refractivity contribution < 1.29 is 9.15 Å². The lowest BCUT2D eigenvalue weighted by molar-refractivity contribution is 0.179. The van der Waals surface area contributed by atoms with Crippen LogP contribution in [0, 0.1) is 0 Å². The fraction of sp³-hybridized carbons (Fsp3) is 0.533. The molecule has 0 aromatic carbocycles. The number of guanidine groups is 1. The summed E-state index contributed by atoms with van der Waals surface area (Å²) in [5, 5.41) is 13.5. The molecule has 0 amide bonds. The molecule has 0 saturated heterocycles. The van der Waals surface area contributed by atoms with Crippen molar-refractivity contribution in [3.05, 3.63) is 24.2 Å². The smallest absolute Gasteiger partial charge is 0.216 e. The number of aromatic nitrogens is 3. The molecule has 0 aliphatic rings. The Labute approximate surface area is 135 Å². The topological polar surface area (TPSA) is 100 Å². The number of rotatable bonds is 8. The highest BCUT2D eigenvalue weighted by molar-refractivity contribution is 5.80. The molecule has 126 valence electrons. The predicted octanol–water partition coefficient (Wildman–Crippen LogP) is 1.20. The normalized spacial score (nSPS) is 13.1. The van der Waals surface area contributed by atoms with Gasteiger partial charge in [0.25, 0.3) is 0 Å². The molecule has 2 rings (SSSR count). The van der Waals surface area contributed by atoms with Gasteiger partial charge in [-0.2, -0.15) is 5.10 Å². The first-order valence-corrected chi connectivity index (χ1v) is 7.71. The summed E-state index contributed by atoms with van der Waals surface area (Å²) in [6.45, 7) is 6.10. The van der Waals surface area contributed by atoms with Crippen molar-refractivity contribution in [3.63, 3.8) is 0 Å². The second-order valence-corrected chi connectivity index (χ2v) is 5.09. The lowest BCUT2D eigenvalue weighted by Crippen LogP contribution is -2.44. The zero-order chi connectivity index (χ0) is 16.5. The molecule has 1 unspecified atom stereocenters. The second-order valence-electron chi connectivity index (χ2n) is 5.09. The van der Waals surface area contributed by atoms with Gasteiger partial charge in [0.05, 0.1) is 12.9 Å². The largest absolute Gasteiger partial charge is 0.461 e. The van der Waals surface area contributed by atoms with Crippen LogP contribution in [0.4, 0.5) is 0 Å². The van der Waals surface area contributed by atoms with E-state index in [0.29, 0.717) is 31.2 Å². The molecule has 23 heavy (non-hydrogen) atoms. The van der Waals surface area contributed by atoms with Gasteiger partial charge in [-0.15, -0.1) is 0 Å². The number of H-pyrrole nitrogens is 1. The predicted molar refractivity (Wildman–Crippen MR) is 88.2 cm³/mol. The number of hydrogen-bond donors (Lipinski definition) is 3. The van der Waals surface area contributed by atoms with E-state index < -0.39 is 0 Å². The van der Waals surface area contributed by atoms with Gasteiger partial charge >= 0.3 is 0 Å². The molecule has 0 spiro atoms. The number of methoxy groups -OCH3 is 1. The monoisotopic (exact) mass is 320 g/mol. The zero-order valence-corrected chi connectivity index (χ0v) is 13.8. The Hall–Kier alpha value is -2.35.